The number of esters is 1. The molecule has 0 spiro atoms. The van der Waals surface area contributed by atoms with Crippen LogP contribution in [0.25, 0.3) is 11.2 Å². The highest BCUT2D eigenvalue weighted by Gasteiger charge is 2.52. The highest BCUT2D eigenvalue weighted by molar-refractivity contribution is 7.48. The number of methoxy groups -OCH3 is 1. The average molecular weight is 489 g/mol. The zero-order valence-corrected chi connectivity index (χ0v) is 19.7. The molecule has 5 atom stereocenters. The quantitative estimate of drug-likeness (QED) is 0.416. The van der Waals surface area contributed by atoms with Crippen molar-refractivity contribution in [1.29, 1.82) is 0 Å². The lowest BCUT2D eigenvalue weighted by Gasteiger charge is -2.31. The number of imidazole rings is 1. The number of carbonyl (C=O) groups excluding carboxylic acids is 1. The molecule has 0 radical (unpaired) electrons. The molecule has 34 heavy (non-hydrogen) atoms. The lowest BCUT2D eigenvalue weighted by Crippen LogP contribution is -2.36. The van der Waals surface area contributed by atoms with Gasteiger partial charge in [0.2, 0.25) is 5.95 Å². The van der Waals surface area contributed by atoms with E-state index < -0.39 is 32.2 Å². The number of nitrogen functional groups attached to an aromatic ring is 1. The van der Waals surface area contributed by atoms with Crippen molar-refractivity contribution < 1.29 is 32.4 Å². The Labute approximate surface area is 195 Å². The van der Waals surface area contributed by atoms with E-state index in [2.05, 4.69) is 15.0 Å². The molecule has 0 bridgehead atoms. The molecule has 4 heterocycles. The third-order valence-corrected chi connectivity index (χ3v) is 7.40. The number of fused-ring (bicyclic) bond motifs is 2. The van der Waals surface area contributed by atoms with Crippen LogP contribution in [-0.4, -0.2) is 51.4 Å². The number of anilines is 1. The maximum Gasteiger partial charge on any atom is 0.475 e. The predicted octanol–water partition coefficient (Wildman–Crippen LogP) is 2.78. The number of hydrogen-bond acceptors (Lipinski definition) is 11. The van der Waals surface area contributed by atoms with Crippen LogP contribution in [0.5, 0.6) is 0 Å². The number of nitrogens with zero attached hydrogens (tertiary/aromatic N) is 4. The lowest BCUT2D eigenvalue weighted by molar-refractivity contribution is -0.0714. The number of benzene rings is 1. The maximum atomic E-state index is 13.2. The lowest BCUT2D eigenvalue weighted by atomic mass is 10.0. The van der Waals surface area contributed by atoms with Crippen molar-refractivity contribution in [3.8, 4) is 0 Å². The number of nitrogens with two attached hydrogens (primary N) is 1. The molecule has 2 aliphatic heterocycles. The van der Waals surface area contributed by atoms with Gasteiger partial charge in [-0.3, -0.25) is 18.1 Å². The average Bonchev–Trinajstić information content (AvgIpc) is 3.38. The molecule has 2 unspecified atom stereocenters. The number of hydrogen-bond donors (Lipinski definition) is 1. The van der Waals surface area contributed by atoms with Gasteiger partial charge in [0, 0.05) is 5.92 Å². The van der Waals surface area contributed by atoms with Crippen molar-refractivity contribution in [2.75, 3.05) is 19.5 Å². The summed E-state index contributed by atoms with van der Waals surface area (Å²) >= 11 is 0. The molecular weight excluding hydrogens is 465 g/mol. The number of rotatable bonds is 5. The molecular formula is C21H24N5O7P. The van der Waals surface area contributed by atoms with Crippen LogP contribution in [0.3, 0.4) is 0 Å². The van der Waals surface area contributed by atoms with Crippen molar-refractivity contribution in [1.82, 2.24) is 19.5 Å². The minimum atomic E-state index is -3.91. The van der Waals surface area contributed by atoms with Crippen LogP contribution in [0.4, 0.5) is 5.95 Å². The van der Waals surface area contributed by atoms with Crippen LogP contribution < -0.4 is 5.73 Å². The van der Waals surface area contributed by atoms with E-state index in [0.717, 1.165) is 0 Å². The van der Waals surface area contributed by atoms with Crippen molar-refractivity contribution in [3.05, 3.63) is 47.4 Å². The first-order chi connectivity index (χ1) is 16.3. The second-order valence-electron chi connectivity index (χ2n) is 8.15. The zero-order valence-electron chi connectivity index (χ0n) is 18.8. The molecule has 0 saturated carbocycles. The van der Waals surface area contributed by atoms with Gasteiger partial charge in [-0.05, 0) is 18.6 Å². The Hall–Kier alpha value is -2.89. The molecule has 3 aromatic rings. The van der Waals surface area contributed by atoms with E-state index in [1.807, 2.05) is 6.92 Å². The SMILES string of the molecule is COC(=O)c1ccccc1COP1(=O)OC[C@H]2O[C@@H](n3cnc4c(C)nc(N)nc43)C(C)[C@@H]2O1. The van der Waals surface area contributed by atoms with E-state index in [9.17, 15) is 9.36 Å². The highest BCUT2D eigenvalue weighted by Crippen LogP contribution is 2.58. The second kappa shape index (κ2) is 8.71. The van der Waals surface area contributed by atoms with E-state index in [1.165, 1.54) is 7.11 Å². The normalized spacial score (nSPS) is 28.7. The molecule has 2 aliphatic rings. The first-order valence-corrected chi connectivity index (χ1v) is 12.1. The first kappa shape index (κ1) is 22.9. The summed E-state index contributed by atoms with van der Waals surface area (Å²) in [5, 5.41) is 0. The Bertz CT molecular complexity index is 1300. The number of ether oxygens (including phenoxy) is 2. The summed E-state index contributed by atoms with van der Waals surface area (Å²) in [4.78, 5) is 24.8. The molecule has 2 fully saturated rings. The van der Waals surface area contributed by atoms with Crippen LogP contribution >= 0.6 is 7.82 Å². The molecule has 13 heteroatoms. The van der Waals surface area contributed by atoms with Crippen LogP contribution in [0.2, 0.25) is 0 Å². The van der Waals surface area contributed by atoms with E-state index in [0.29, 0.717) is 28.0 Å². The van der Waals surface area contributed by atoms with E-state index >= 15 is 0 Å². The molecule has 2 N–H and O–H groups in total. The third kappa shape index (κ3) is 3.97. The number of aromatic nitrogens is 4. The Kier molecular flexibility index (Phi) is 5.86. The predicted molar refractivity (Wildman–Crippen MR) is 119 cm³/mol. The molecule has 2 saturated heterocycles. The summed E-state index contributed by atoms with van der Waals surface area (Å²) < 4.78 is 42.8. The van der Waals surface area contributed by atoms with Crippen LogP contribution in [0, 0.1) is 12.8 Å². The van der Waals surface area contributed by atoms with E-state index in [-0.39, 0.29) is 25.1 Å². The fraction of sp³-hybridized carbons (Fsp3) is 0.429. The van der Waals surface area contributed by atoms with Gasteiger partial charge in [-0.2, -0.15) is 4.98 Å². The van der Waals surface area contributed by atoms with Crippen LogP contribution in [0.15, 0.2) is 30.6 Å². The summed E-state index contributed by atoms with van der Waals surface area (Å²) in [5.41, 5.74) is 8.47. The number of phosphoric ester groups is 1. The van der Waals surface area contributed by atoms with E-state index in [1.54, 1.807) is 42.1 Å². The van der Waals surface area contributed by atoms with Crippen molar-refractivity contribution in [2.24, 2.45) is 5.92 Å². The minimum absolute atomic E-state index is 0.0181. The summed E-state index contributed by atoms with van der Waals surface area (Å²) in [6.45, 7) is 3.59. The van der Waals surface area contributed by atoms with Gasteiger partial charge in [-0.15, -0.1) is 0 Å². The Morgan fingerprint density at radius 2 is 2.12 bits per heavy atom. The Morgan fingerprint density at radius 3 is 2.91 bits per heavy atom. The monoisotopic (exact) mass is 489 g/mol. The highest BCUT2D eigenvalue weighted by atomic mass is 31.2. The van der Waals surface area contributed by atoms with Crippen molar-refractivity contribution >= 4 is 30.9 Å². The smallest absolute Gasteiger partial charge is 0.465 e. The van der Waals surface area contributed by atoms with Crippen LogP contribution in [0.1, 0.15) is 34.8 Å². The summed E-state index contributed by atoms with van der Waals surface area (Å²) in [5.74, 6) is -0.613. The first-order valence-electron chi connectivity index (χ1n) is 10.7. The van der Waals surface area contributed by atoms with E-state index in [4.69, 9.17) is 28.8 Å². The molecule has 5 rings (SSSR count). The third-order valence-electron chi connectivity index (χ3n) is 5.98. The Morgan fingerprint density at radius 1 is 1.32 bits per heavy atom. The maximum absolute atomic E-state index is 13.2. The fourth-order valence-electron chi connectivity index (χ4n) is 4.28. The summed E-state index contributed by atoms with van der Waals surface area (Å²) in [7, 11) is -2.62. The van der Waals surface area contributed by atoms with Gasteiger partial charge in [0.25, 0.3) is 0 Å². The van der Waals surface area contributed by atoms with Gasteiger partial charge in [0.1, 0.15) is 24.0 Å². The minimum Gasteiger partial charge on any atom is -0.465 e. The topological polar surface area (TPSA) is 150 Å². The van der Waals surface area contributed by atoms with Crippen LogP contribution in [-0.2, 0) is 34.2 Å². The summed E-state index contributed by atoms with van der Waals surface area (Å²) in [6, 6.07) is 6.73. The Balaban J connectivity index is 1.33. The molecule has 0 aliphatic carbocycles. The van der Waals surface area contributed by atoms with Gasteiger partial charge in [0.05, 0.1) is 37.9 Å². The fourth-order valence-corrected chi connectivity index (χ4v) is 5.73. The van der Waals surface area contributed by atoms with Gasteiger partial charge in [-0.25, -0.2) is 19.3 Å². The van der Waals surface area contributed by atoms with Crippen molar-refractivity contribution in [2.45, 2.75) is 38.9 Å². The van der Waals surface area contributed by atoms with Gasteiger partial charge < -0.3 is 15.2 Å². The number of carbonyl (C=O) groups is 1. The summed E-state index contributed by atoms with van der Waals surface area (Å²) in [6.07, 6.45) is 0.0955. The molecule has 1 aromatic carbocycles. The van der Waals surface area contributed by atoms with Gasteiger partial charge in [-0.1, -0.05) is 25.1 Å². The zero-order chi connectivity index (χ0) is 24.0. The second-order valence-corrected chi connectivity index (χ2v) is 9.77. The molecule has 12 nitrogen and oxygen atoms in total. The number of phosphoric acid groups is 1. The number of aryl methyl sites for hydroxylation is 1. The largest absolute Gasteiger partial charge is 0.475 e. The van der Waals surface area contributed by atoms with Gasteiger partial charge in [0.15, 0.2) is 5.65 Å². The molecule has 180 valence electrons. The van der Waals surface area contributed by atoms with Crippen molar-refractivity contribution in [3.63, 3.8) is 0 Å². The molecule has 2 aromatic heterocycles. The standard InChI is InChI=1S/C21H24N5O7P/c1-11-17-15(32-19(11)26-10-23-16-12(2)24-21(22)25-18(16)26)9-31-34(28,33-17)30-8-13-6-4-5-7-14(13)20(27)29-3/h4-7,10-11,15,17,19H,8-9H2,1-3H3,(H2,22,24,25)/t11?,15-,17+,19-,34?/m1/s1. The molecule has 0 amide bonds. The van der Waals surface area contributed by atoms with Gasteiger partial charge >= 0.3 is 13.8 Å².